The Hall–Kier alpha value is -4.12. The van der Waals surface area contributed by atoms with Crippen LogP contribution in [0.3, 0.4) is 0 Å². The van der Waals surface area contributed by atoms with Gasteiger partial charge < -0.3 is 19.5 Å². The number of hydrazone groups is 1. The average molecular weight is 637 g/mol. The fourth-order valence-electron chi connectivity index (χ4n) is 3.83. The Kier molecular flexibility index (Phi) is 9.37. The van der Waals surface area contributed by atoms with Crippen molar-refractivity contribution in [3.05, 3.63) is 93.1 Å². The van der Waals surface area contributed by atoms with Crippen LogP contribution < -0.4 is 25.0 Å². The van der Waals surface area contributed by atoms with Crippen molar-refractivity contribution in [3.63, 3.8) is 0 Å². The number of aryl methyl sites for hydroxylation is 1. The molecule has 0 aromatic heterocycles. The predicted octanol–water partition coefficient (Wildman–Crippen LogP) is 5.94. The van der Waals surface area contributed by atoms with Gasteiger partial charge in [0.25, 0.3) is 11.8 Å². The van der Waals surface area contributed by atoms with Gasteiger partial charge >= 0.3 is 0 Å². The SMILES string of the molecule is CCOc1cc(/C=N\NC(=O)c2cc3ccccc3cc2OC)cc(I)c1OCC(=O)Nc1ccc(C)cc1. The lowest BCUT2D eigenvalue weighted by Crippen LogP contribution is -2.20. The second kappa shape index (κ2) is 13.1. The highest BCUT2D eigenvalue weighted by Gasteiger charge is 2.15. The molecule has 9 heteroatoms. The van der Waals surface area contributed by atoms with E-state index in [1.54, 1.807) is 12.1 Å². The number of benzene rings is 4. The maximum Gasteiger partial charge on any atom is 0.275 e. The minimum atomic E-state index is -0.395. The quantitative estimate of drug-likeness (QED) is 0.128. The Labute approximate surface area is 240 Å². The van der Waals surface area contributed by atoms with Crippen molar-refractivity contribution in [2.45, 2.75) is 13.8 Å². The molecule has 0 aliphatic heterocycles. The minimum absolute atomic E-state index is 0.180. The van der Waals surface area contributed by atoms with E-state index in [2.05, 4.69) is 38.4 Å². The highest BCUT2D eigenvalue weighted by molar-refractivity contribution is 14.1. The van der Waals surface area contributed by atoms with Crippen LogP contribution in [0.1, 0.15) is 28.4 Å². The van der Waals surface area contributed by atoms with Gasteiger partial charge in [0.2, 0.25) is 0 Å². The number of halogens is 1. The molecule has 0 saturated carbocycles. The van der Waals surface area contributed by atoms with Crippen LogP contribution in [0.5, 0.6) is 17.2 Å². The zero-order valence-electron chi connectivity index (χ0n) is 21.8. The molecule has 0 heterocycles. The van der Waals surface area contributed by atoms with Gasteiger partial charge in [-0.3, -0.25) is 9.59 Å². The third-order valence-corrected chi connectivity index (χ3v) is 6.51. The molecular weight excluding hydrogens is 609 g/mol. The van der Waals surface area contributed by atoms with Crippen LogP contribution in [0.2, 0.25) is 0 Å². The van der Waals surface area contributed by atoms with Gasteiger partial charge in [-0.1, -0.05) is 42.0 Å². The lowest BCUT2D eigenvalue weighted by Gasteiger charge is -2.14. The van der Waals surface area contributed by atoms with Crippen LogP contribution in [0.4, 0.5) is 5.69 Å². The third-order valence-electron chi connectivity index (χ3n) is 5.71. The molecule has 0 aliphatic carbocycles. The maximum absolute atomic E-state index is 12.9. The number of carbonyl (C=O) groups excluding carboxylic acids is 2. The van der Waals surface area contributed by atoms with E-state index in [1.807, 2.05) is 74.5 Å². The maximum atomic E-state index is 12.9. The van der Waals surface area contributed by atoms with Crippen LogP contribution in [0, 0.1) is 10.5 Å². The first-order valence-corrected chi connectivity index (χ1v) is 13.3. The number of carbonyl (C=O) groups is 2. The summed E-state index contributed by atoms with van der Waals surface area (Å²) >= 11 is 2.11. The molecule has 8 nitrogen and oxygen atoms in total. The van der Waals surface area contributed by atoms with Crippen LogP contribution in [0.15, 0.2) is 77.9 Å². The molecule has 0 saturated heterocycles. The smallest absolute Gasteiger partial charge is 0.275 e. The second-order valence-electron chi connectivity index (χ2n) is 8.56. The first-order valence-electron chi connectivity index (χ1n) is 12.2. The summed E-state index contributed by atoms with van der Waals surface area (Å²) in [7, 11) is 1.52. The zero-order chi connectivity index (χ0) is 27.8. The third kappa shape index (κ3) is 7.26. The summed E-state index contributed by atoms with van der Waals surface area (Å²) in [6, 6.07) is 22.4. The number of nitrogens with one attached hydrogen (secondary N) is 2. The molecule has 0 bridgehead atoms. The highest BCUT2D eigenvalue weighted by Crippen LogP contribution is 2.34. The van der Waals surface area contributed by atoms with Gasteiger partial charge in [0.1, 0.15) is 5.75 Å². The monoisotopic (exact) mass is 637 g/mol. The van der Waals surface area contributed by atoms with Crippen molar-refractivity contribution < 1.29 is 23.8 Å². The number of methoxy groups -OCH3 is 1. The van der Waals surface area contributed by atoms with E-state index < -0.39 is 5.91 Å². The molecule has 4 aromatic rings. The van der Waals surface area contributed by atoms with E-state index in [4.69, 9.17) is 14.2 Å². The Morgan fingerprint density at radius 2 is 1.67 bits per heavy atom. The van der Waals surface area contributed by atoms with Crippen LogP contribution >= 0.6 is 22.6 Å². The number of nitrogens with zero attached hydrogens (tertiary/aromatic N) is 1. The average Bonchev–Trinajstić information content (AvgIpc) is 2.93. The number of hydrogen-bond acceptors (Lipinski definition) is 6. The van der Waals surface area contributed by atoms with E-state index in [0.717, 1.165) is 19.9 Å². The van der Waals surface area contributed by atoms with Gasteiger partial charge in [-0.25, -0.2) is 5.43 Å². The summed E-state index contributed by atoms with van der Waals surface area (Å²) in [4.78, 5) is 25.3. The summed E-state index contributed by atoms with van der Waals surface area (Å²) in [5.74, 6) is 0.709. The van der Waals surface area contributed by atoms with Crippen molar-refractivity contribution in [1.29, 1.82) is 0 Å². The van der Waals surface area contributed by atoms with Crippen molar-refractivity contribution >= 4 is 57.1 Å². The topological polar surface area (TPSA) is 98.2 Å². The molecule has 39 heavy (non-hydrogen) atoms. The molecule has 2 N–H and O–H groups in total. The number of anilines is 1. The first kappa shape index (κ1) is 27.9. The molecular formula is C30H28IN3O5. The molecule has 4 rings (SSSR count). The molecule has 200 valence electrons. The van der Waals surface area contributed by atoms with E-state index in [9.17, 15) is 9.59 Å². The zero-order valence-corrected chi connectivity index (χ0v) is 23.9. The Morgan fingerprint density at radius 1 is 0.949 bits per heavy atom. The van der Waals surface area contributed by atoms with Gasteiger partial charge in [-0.2, -0.15) is 5.10 Å². The van der Waals surface area contributed by atoms with Crippen molar-refractivity contribution in [3.8, 4) is 17.2 Å². The largest absolute Gasteiger partial charge is 0.496 e. The molecule has 0 fully saturated rings. The van der Waals surface area contributed by atoms with E-state index >= 15 is 0 Å². The van der Waals surface area contributed by atoms with Crippen molar-refractivity contribution in [2.75, 3.05) is 25.6 Å². The Bertz CT molecular complexity index is 1520. The molecule has 2 amide bonds. The number of hydrogen-bond donors (Lipinski definition) is 2. The number of fused-ring (bicyclic) bond motifs is 1. The van der Waals surface area contributed by atoms with Gasteiger partial charge in [0, 0.05) is 5.69 Å². The van der Waals surface area contributed by atoms with Crippen LogP contribution in [0.25, 0.3) is 10.8 Å². The normalized spacial score (nSPS) is 10.9. The number of amides is 2. The van der Waals surface area contributed by atoms with Crippen molar-refractivity contribution in [1.82, 2.24) is 5.43 Å². The summed E-state index contributed by atoms with van der Waals surface area (Å²) < 4.78 is 17.7. The summed E-state index contributed by atoms with van der Waals surface area (Å²) in [6.45, 7) is 4.07. The molecule has 4 aromatic carbocycles. The highest BCUT2D eigenvalue weighted by atomic mass is 127. The molecule has 0 aliphatic rings. The minimum Gasteiger partial charge on any atom is -0.496 e. The summed E-state index contributed by atoms with van der Waals surface area (Å²) in [5, 5.41) is 8.84. The van der Waals surface area contributed by atoms with Gasteiger partial charge in [-0.15, -0.1) is 0 Å². The summed E-state index contributed by atoms with van der Waals surface area (Å²) in [6.07, 6.45) is 1.52. The fourth-order valence-corrected chi connectivity index (χ4v) is 4.61. The fraction of sp³-hybridized carbons (Fsp3) is 0.167. The first-order chi connectivity index (χ1) is 18.9. The summed E-state index contributed by atoms with van der Waals surface area (Å²) in [5.41, 5.74) is 5.43. The van der Waals surface area contributed by atoms with E-state index in [1.165, 1.54) is 13.3 Å². The van der Waals surface area contributed by atoms with Gasteiger partial charge in [0.05, 0.1) is 29.1 Å². The van der Waals surface area contributed by atoms with Gasteiger partial charge in [0.15, 0.2) is 18.1 Å². The number of ether oxygens (including phenoxy) is 3. The second-order valence-corrected chi connectivity index (χ2v) is 9.73. The lowest BCUT2D eigenvalue weighted by molar-refractivity contribution is -0.118. The Morgan fingerprint density at radius 3 is 2.36 bits per heavy atom. The van der Waals surface area contributed by atoms with E-state index in [0.29, 0.717) is 40.7 Å². The Balaban J connectivity index is 1.44. The van der Waals surface area contributed by atoms with E-state index in [-0.39, 0.29) is 12.5 Å². The van der Waals surface area contributed by atoms with Crippen molar-refractivity contribution in [2.24, 2.45) is 5.10 Å². The molecule has 0 radical (unpaired) electrons. The standard InChI is InChI=1S/C30H28IN3O5/c1-4-38-27-14-20(13-25(31)29(27)39-18-28(35)33-23-11-9-19(2)10-12-23)17-32-34-30(36)24-15-21-7-5-6-8-22(21)16-26(24)37-3/h5-17H,4,18H2,1-3H3,(H,33,35)(H,34,36)/b32-17-. The van der Waals surface area contributed by atoms with Gasteiger partial charge in [-0.05, 0) is 89.2 Å². The molecule has 0 atom stereocenters. The van der Waals surface area contributed by atoms with Crippen LogP contribution in [-0.2, 0) is 4.79 Å². The number of rotatable bonds is 10. The molecule has 0 unspecified atom stereocenters. The lowest BCUT2D eigenvalue weighted by atomic mass is 10.1. The predicted molar refractivity (Wildman–Crippen MR) is 161 cm³/mol. The van der Waals surface area contributed by atoms with Crippen LogP contribution in [-0.4, -0.2) is 38.4 Å². The molecule has 0 spiro atoms.